The standard InChI is InChI=1S/C17H24N6/c18-14-7-16(23-9-13-8-20-21-17(13)12-23)11-22(10-14)6-4-15-3-1-2-5-19-15/h1-3,5,8,14,16H,4,6-7,9-12,18H2,(H,20,21)/t14-,16?/m0/s1. The van der Waals surface area contributed by atoms with Crippen molar-refractivity contribution in [3.8, 4) is 0 Å². The number of rotatable bonds is 4. The largest absolute Gasteiger partial charge is 0.326 e. The minimum atomic E-state index is 0.259. The highest BCUT2D eigenvalue weighted by molar-refractivity contribution is 5.21. The molecule has 0 aromatic carbocycles. The van der Waals surface area contributed by atoms with Crippen molar-refractivity contribution in [1.82, 2.24) is 25.0 Å². The fraction of sp³-hybridized carbons (Fsp3) is 0.529. The van der Waals surface area contributed by atoms with E-state index in [9.17, 15) is 0 Å². The number of fused-ring (bicyclic) bond motifs is 1. The van der Waals surface area contributed by atoms with Gasteiger partial charge in [-0.3, -0.25) is 19.9 Å². The van der Waals surface area contributed by atoms with Gasteiger partial charge >= 0.3 is 0 Å². The van der Waals surface area contributed by atoms with Gasteiger partial charge in [-0.15, -0.1) is 0 Å². The van der Waals surface area contributed by atoms with Crippen molar-refractivity contribution < 1.29 is 0 Å². The number of nitrogens with zero attached hydrogens (tertiary/aromatic N) is 4. The van der Waals surface area contributed by atoms with E-state index in [2.05, 4.69) is 37.1 Å². The molecule has 2 aliphatic rings. The van der Waals surface area contributed by atoms with Crippen molar-refractivity contribution in [1.29, 1.82) is 0 Å². The number of pyridine rings is 1. The summed E-state index contributed by atoms with van der Waals surface area (Å²) in [6.07, 6.45) is 5.89. The minimum absolute atomic E-state index is 0.259. The van der Waals surface area contributed by atoms with E-state index < -0.39 is 0 Å². The number of nitrogens with one attached hydrogen (secondary N) is 1. The van der Waals surface area contributed by atoms with E-state index in [1.165, 1.54) is 11.3 Å². The molecule has 1 saturated heterocycles. The number of hydrogen-bond acceptors (Lipinski definition) is 5. The van der Waals surface area contributed by atoms with Crippen molar-refractivity contribution in [2.24, 2.45) is 5.73 Å². The molecule has 2 aromatic rings. The number of H-pyrrole nitrogens is 1. The highest BCUT2D eigenvalue weighted by Crippen LogP contribution is 2.26. The van der Waals surface area contributed by atoms with Crippen LogP contribution in [0, 0.1) is 0 Å². The molecule has 0 radical (unpaired) electrons. The van der Waals surface area contributed by atoms with Crippen LogP contribution in [0.25, 0.3) is 0 Å². The first-order valence-electron chi connectivity index (χ1n) is 8.41. The molecule has 3 N–H and O–H groups in total. The molecule has 0 amide bonds. The van der Waals surface area contributed by atoms with E-state index in [4.69, 9.17) is 5.73 Å². The van der Waals surface area contributed by atoms with Gasteiger partial charge in [0.25, 0.3) is 0 Å². The molecule has 1 unspecified atom stereocenters. The summed E-state index contributed by atoms with van der Waals surface area (Å²) >= 11 is 0. The first kappa shape index (κ1) is 14.8. The normalized spacial score (nSPS) is 25.6. The van der Waals surface area contributed by atoms with Crippen LogP contribution < -0.4 is 5.73 Å². The maximum Gasteiger partial charge on any atom is 0.0537 e. The smallest absolute Gasteiger partial charge is 0.0537 e. The van der Waals surface area contributed by atoms with Crippen molar-refractivity contribution in [2.75, 3.05) is 19.6 Å². The molecule has 6 nitrogen and oxygen atoms in total. The van der Waals surface area contributed by atoms with Crippen LogP contribution in [-0.4, -0.2) is 56.7 Å². The monoisotopic (exact) mass is 312 g/mol. The van der Waals surface area contributed by atoms with Gasteiger partial charge in [-0.25, -0.2) is 0 Å². The fourth-order valence-corrected chi connectivity index (χ4v) is 3.82. The zero-order valence-corrected chi connectivity index (χ0v) is 13.4. The molecule has 122 valence electrons. The molecule has 0 saturated carbocycles. The number of piperidine rings is 1. The molecular formula is C17H24N6. The third-order valence-corrected chi connectivity index (χ3v) is 5.01. The summed E-state index contributed by atoms with van der Waals surface area (Å²) in [5.74, 6) is 0. The molecule has 6 heteroatoms. The lowest BCUT2D eigenvalue weighted by Gasteiger charge is -2.40. The first-order chi connectivity index (χ1) is 11.3. The highest BCUT2D eigenvalue weighted by atomic mass is 15.3. The van der Waals surface area contributed by atoms with E-state index >= 15 is 0 Å². The molecule has 4 rings (SSSR count). The van der Waals surface area contributed by atoms with Gasteiger partial charge in [0, 0.05) is 68.7 Å². The van der Waals surface area contributed by atoms with Gasteiger partial charge in [0.2, 0.25) is 0 Å². The van der Waals surface area contributed by atoms with E-state index in [-0.39, 0.29) is 6.04 Å². The summed E-state index contributed by atoms with van der Waals surface area (Å²) in [6.45, 7) is 5.09. The van der Waals surface area contributed by atoms with Gasteiger partial charge in [-0.05, 0) is 18.6 Å². The SMILES string of the molecule is N[C@H]1CC(N2Cc3cn[nH]c3C2)CN(CCc2ccccn2)C1. The Hall–Kier alpha value is -1.76. The van der Waals surface area contributed by atoms with E-state index in [1.54, 1.807) is 0 Å². The molecule has 0 spiro atoms. The molecule has 0 aliphatic carbocycles. The molecular weight excluding hydrogens is 288 g/mol. The lowest BCUT2D eigenvalue weighted by Crippen LogP contribution is -2.54. The third kappa shape index (κ3) is 3.29. The fourth-order valence-electron chi connectivity index (χ4n) is 3.82. The van der Waals surface area contributed by atoms with Crippen LogP contribution in [0.5, 0.6) is 0 Å². The second-order valence-electron chi connectivity index (χ2n) is 6.76. The van der Waals surface area contributed by atoms with Crippen molar-refractivity contribution in [2.45, 2.75) is 38.0 Å². The van der Waals surface area contributed by atoms with E-state index in [1.807, 2.05) is 18.5 Å². The topological polar surface area (TPSA) is 74.1 Å². The van der Waals surface area contributed by atoms with Gasteiger partial charge in [-0.1, -0.05) is 6.07 Å². The maximum atomic E-state index is 6.33. The Kier molecular flexibility index (Phi) is 4.11. The van der Waals surface area contributed by atoms with E-state index in [0.29, 0.717) is 6.04 Å². The van der Waals surface area contributed by atoms with Crippen LogP contribution in [0.15, 0.2) is 30.6 Å². The summed E-state index contributed by atoms with van der Waals surface area (Å²) in [5, 5.41) is 7.23. The van der Waals surface area contributed by atoms with Crippen LogP contribution in [0.1, 0.15) is 23.4 Å². The van der Waals surface area contributed by atoms with Crippen molar-refractivity contribution >= 4 is 0 Å². The second-order valence-corrected chi connectivity index (χ2v) is 6.76. The average molecular weight is 312 g/mol. The Bertz CT molecular complexity index is 619. The van der Waals surface area contributed by atoms with Crippen molar-refractivity contribution in [3.63, 3.8) is 0 Å². The summed E-state index contributed by atoms with van der Waals surface area (Å²) in [7, 11) is 0. The third-order valence-electron chi connectivity index (χ3n) is 5.01. The van der Waals surface area contributed by atoms with Gasteiger partial charge in [-0.2, -0.15) is 5.10 Å². The number of likely N-dealkylation sites (tertiary alicyclic amines) is 1. The van der Waals surface area contributed by atoms with Crippen LogP contribution in [-0.2, 0) is 19.5 Å². The number of aromatic amines is 1. The Labute approximate surface area is 136 Å². The summed E-state index contributed by atoms with van der Waals surface area (Å²) in [6, 6.07) is 6.91. The van der Waals surface area contributed by atoms with Gasteiger partial charge < -0.3 is 5.73 Å². The predicted molar refractivity (Wildman–Crippen MR) is 88.6 cm³/mol. The molecule has 4 heterocycles. The van der Waals surface area contributed by atoms with Crippen LogP contribution in [0.2, 0.25) is 0 Å². The molecule has 2 aliphatic heterocycles. The van der Waals surface area contributed by atoms with Gasteiger partial charge in [0.1, 0.15) is 0 Å². The molecule has 1 fully saturated rings. The lowest BCUT2D eigenvalue weighted by atomic mass is 10.00. The summed E-state index contributed by atoms with van der Waals surface area (Å²) in [4.78, 5) is 9.46. The lowest BCUT2D eigenvalue weighted by molar-refractivity contribution is 0.0846. The molecule has 2 atom stereocenters. The van der Waals surface area contributed by atoms with Gasteiger partial charge in [0.15, 0.2) is 0 Å². The molecule has 0 bridgehead atoms. The highest BCUT2D eigenvalue weighted by Gasteiger charge is 2.32. The average Bonchev–Trinajstić information content (AvgIpc) is 3.15. The van der Waals surface area contributed by atoms with Crippen molar-refractivity contribution in [3.05, 3.63) is 47.5 Å². The molecule has 23 heavy (non-hydrogen) atoms. The van der Waals surface area contributed by atoms with E-state index in [0.717, 1.165) is 51.3 Å². The second kappa shape index (κ2) is 6.39. The zero-order chi connectivity index (χ0) is 15.6. The zero-order valence-electron chi connectivity index (χ0n) is 13.4. The Balaban J connectivity index is 1.35. The number of aromatic nitrogens is 3. The summed E-state index contributed by atoms with van der Waals surface area (Å²) < 4.78 is 0. The van der Waals surface area contributed by atoms with Gasteiger partial charge in [0.05, 0.1) is 11.9 Å². The number of hydrogen-bond donors (Lipinski definition) is 2. The first-order valence-corrected chi connectivity index (χ1v) is 8.41. The number of nitrogens with two attached hydrogens (primary N) is 1. The minimum Gasteiger partial charge on any atom is -0.326 e. The van der Waals surface area contributed by atoms with Crippen LogP contribution >= 0.6 is 0 Å². The quantitative estimate of drug-likeness (QED) is 0.872. The molecule has 2 aromatic heterocycles. The predicted octanol–water partition coefficient (Wildman–Crippen LogP) is 0.765. The Morgan fingerprint density at radius 1 is 1.26 bits per heavy atom. The Morgan fingerprint density at radius 2 is 2.22 bits per heavy atom. The van der Waals surface area contributed by atoms with Crippen LogP contribution in [0.4, 0.5) is 0 Å². The summed E-state index contributed by atoms with van der Waals surface area (Å²) in [5.41, 5.74) is 10.1. The van der Waals surface area contributed by atoms with Crippen LogP contribution in [0.3, 0.4) is 0 Å². The maximum absolute atomic E-state index is 6.33. The Morgan fingerprint density at radius 3 is 3.04 bits per heavy atom.